The van der Waals surface area contributed by atoms with Crippen LogP contribution in [0, 0.1) is 6.92 Å². The minimum atomic E-state index is -0.588. The van der Waals surface area contributed by atoms with Gasteiger partial charge in [-0.25, -0.2) is 0 Å². The summed E-state index contributed by atoms with van der Waals surface area (Å²) in [5, 5.41) is 10.5. The van der Waals surface area contributed by atoms with Crippen LogP contribution in [0.5, 0.6) is 5.75 Å². The van der Waals surface area contributed by atoms with Crippen molar-refractivity contribution in [1.29, 1.82) is 0 Å². The second-order valence-electron chi connectivity index (χ2n) is 8.48. The number of benzene rings is 2. The Balaban J connectivity index is 1.54. The molecule has 1 amide bonds. The summed E-state index contributed by atoms with van der Waals surface area (Å²) in [6, 6.07) is 11.6. The van der Waals surface area contributed by atoms with Gasteiger partial charge in [-0.2, -0.15) is 0 Å². The number of ether oxygens (including phenoxy) is 1. The molecule has 0 unspecified atom stereocenters. The van der Waals surface area contributed by atoms with Gasteiger partial charge in [0, 0.05) is 26.2 Å². The zero-order valence-electron chi connectivity index (χ0n) is 18.0. The SMILES string of the molecule is Cc1ccc2oc3c(c(=O)c2c1)[C@@H](c1cccc(O)c1)N(CCCN1CCOCC1)C3=O. The maximum Gasteiger partial charge on any atom is 0.290 e. The highest BCUT2D eigenvalue weighted by molar-refractivity contribution is 5.99. The number of aryl methyl sites for hydroxylation is 1. The molecule has 0 saturated carbocycles. The zero-order valence-corrected chi connectivity index (χ0v) is 18.0. The number of aromatic hydroxyl groups is 1. The van der Waals surface area contributed by atoms with Crippen LogP contribution < -0.4 is 5.43 Å². The zero-order chi connectivity index (χ0) is 22.2. The second kappa shape index (κ2) is 8.41. The monoisotopic (exact) mass is 434 g/mol. The molecule has 1 aromatic heterocycles. The van der Waals surface area contributed by atoms with Gasteiger partial charge in [0.05, 0.1) is 30.2 Å². The Kier molecular flexibility index (Phi) is 5.45. The number of morpholine rings is 1. The van der Waals surface area contributed by atoms with Gasteiger partial charge in [0.25, 0.3) is 5.91 Å². The van der Waals surface area contributed by atoms with Gasteiger partial charge >= 0.3 is 0 Å². The van der Waals surface area contributed by atoms with Crippen LogP contribution in [0.4, 0.5) is 0 Å². The first-order valence-corrected chi connectivity index (χ1v) is 11.0. The Labute approximate surface area is 185 Å². The van der Waals surface area contributed by atoms with E-state index < -0.39 is 6.04 Å². The Hall–Kier alpha value is -3.16. The molecular weight excluding hydrogens is 408 g/mol. The summed E-state index contributed by atoms with van der Waals surface area (Å²) in [7, 11) is 0. The van der Waals surface area contributed by atoms with E-state index in [2.05, 4.69) is 4.90 Å². The number of nitrogens with zero attached hydrogens (tertiary/aromatic N) is 2. The van der Waals surface area contributed by atoms with Gasteiger partial charge in [0.15, 0.2) is 5.43 Å². The highest BCUT2D eigenvalue weighted by atomic mass is 16.5. The quantitative estimate of drug-likeness (QED) is 0.665. The van der Waals surface area contributed by atoms with Gasteiger partial charge in [0.1, 0.15) is 11.3 Å². The second-order valence-corrected chi connectivity index (χ2v) is 8.48. The smallest absolute Gasteiger partial charge is 0.290 e. The Morgan fingerprint density at radius 3 is 2.66 bits per heavy atom. The summed E-state index contributed by atoms with van der Waals surface area (Å²) in [4.78, 5) is 31.0. The minimum Gasteiger partial charge on any atom is -0.508 e. The van der Waals surface area contributed by atoms with Crippen molar-refractivity contribution < 1.29 is 19.1 Å². The van der Waals surface area contributed by atoms with E-state index in [0.717, 1.165) is 44.8 Å². The molecule has 32 heavy (non-hydrogen) atoms. The fourth-order valence-electron chi connectivity index (χ4n) is 4.70. The molecule has 166 valence electrons. The van der Waals surface area contributed by atoms with Crippen LogP contribution in [0.3, 0.4) is 0 Å². The molecule has 0 radical (unpaired) electrons. The lowest BCUT2D eigenvalue weighted by molar-refractivity contribution is 0.0353. The van der Waals surface area contributed by atoms with Crippen LogP contribution in [0.25, 0.3) is 11.0 Å². The molecule has 0 aliphatic carbocycles. The van der Waals surface area contributed by atoms with Gasteiger partial charge in [-0.1, -0.05) is 23.8 Å². The third kappa shape index (κ3) is 3.67. The topological polar surface area (TPSA) is 83.2 Å². The molecule has 5 rings (SSSR count). The Morgan fingerprint density at radius 2 is 1.88 bits per heavy atom. The van der Waals surface area contributed by atoms with E-state index in [1.54, 1.807) is 35.2 Å². The van der Waals surface area contributed by atoms with Crippen molar-refractivity contribution >= 4 is 16.9 Å². The molecule has 3 heterocycles. The van der Waals surface area contributed by atoms with E-state index in [0.29, 0.717) is 28.6 Å². The van der Waals surface area contributed by atoms with E-state index in [1.165, 1.54) is 0 Å². The molecule has 0 bridgehead atoms. The van der Waals surface area contributed by atoms with Crippen molar-refractivity contribution in [2.24, 2.45) is 0 Å². The van der Waals surface area contributed by atoms with Gasteiger partial charge in [-0.15, -0.1) is 0 Å². The Morgan fingerprint density at radius 1 is 1.06 bits per heavy atom. The molecular formula is C25H26N2O5. The van der Waals surface area contributed by atoms with Gasteiger partial charge in [0.2, 0.25) is 5.76 Å². The standard InChI is InChI=1S/C25H26N2O5/c1-16-6-7-20-19(14-16)23(29)21-22(17-4-2-5-18(28)15-17)27(25(30)24(21)32-20)9-3-8-26-10-12-31-13-11-26/h2,4-7,14-15,22,28H,3,8-13H2,1H3/t22-/m1/s1. The van der Waals surface area contributed by atoms with Crippen LogP contribution in [-0.4, -0.2) is 60.2 Å². The molecule has 1 atom stereocenters. The van der Waals surface area contributed by atoms with E-state index in [4.69, 9.17) is 9.15 Å². The van der Waals surface area contributed by atoms with Crippen molar-refractivity contribution in [3.05, 3.63) is 75.1 Å². The number of phenolic OH excluding ortho intramolecular Hbond substituents is 1. The third-order valence-corrected chi connectivity index (χ3v) is 6.28. The molecule has 1 fully saturated rings. The molecule has 2 aromatic carbocycles. The lowest BCUT2D eigenvalue weighted by atomic mass is 9.98. The molecule has 2 aliphatic rings. The van der Waals surface area contributed by atoms with E-state index in [1.807, 2.05) is 19.1 Å². The number of hydrogen-bond acceptors (Lipinski definition) is 6. The summed E-state index contributed by atoms with van der Waals surface area (Å²) in [5.41, 5.74) is 2.22. The predicted molar refractivity (Wildman–Crippen MR) is 120 cm³/mol. The number of phenols is 1. The summed E-state index contributed by atoms with van der Waals surface area (Å²) >= 11 is 0. The largest absolute Gasteiger partial charge is 0.508 e. The summed E-state index contributed by atoms with van der Waals surface area (Å²) in [5.74, 6) is -0.0846. The first-order valence-electron chi connectivity index (χ1n) is 11.0. The van der Waals surface area contributed by atoms with Gasteiger partial charge < -0.3 is 19.2 Å². The number of hydrogen-bond donors (Lipinski definition) is 1. The average Bonchev–Trinajstić information content (AvgIpc) is 3.07. The van der Waals surface area contributed by atoms with E-state index in [-0.39, 0.29) is 22.8 Å². The molecule has 3 aromatic rings. The normalized spacial score (nSPS) is 19.0. The minimum absolute atomic E-state index is 0.0951. The number of carbonyl (C=O) groups excluding carboxylic acids is 1. The summed E-state index contributed by atoms with van der Waals surface area (Å²) in [6.45, 7) is 6.47. The van der Waals surface area contributed by atoms with Crippen LogP contribution in [-0.2, 0) is 4.74 Å². The van der Waals surface area contributed by atoms with Gasteiger partial charge in [-0.05, 0) is 43.2 Å². The maximum absolute atomic E-state index is 13.5. The third-order valence-electron chi connectivity index (χ3n) is 6.28. The molecule has 1 N–H and O–H groups in total. The first-order chi connectivity index (χ1) is 15.5. The molecule has 2 aliphatic heterocycles. The number of rotatable bonds is 5. The predicted octanol–water partition coefficient (Wildman–Crippen LogP) is 3.07. The highest BCUT2D eigenvalue weighted by Crippen LogP contribution is 2.39. The number of fused-ring (bicyclic) bond motifs is 2. The molecule has 7 heteroatoms. The number of amides is 1. The van der Waals surface area contributed by atoms with Crippen molar-refractivity contribution in [1.82, 2.24) is 9.80 Å². The lowest BCUT2D eigenvalue weighted by Crippen LogP contribution is -2.38. The first kappa shape index (κ1) is 20.7. The van der Waals surface area contributed by atoms with Crippen molar-refractivity contribution in [2.45, 2.75) is 19.4 Å². The summed E-state index contributed by atoms with van der Waals surface area (Å²) < 4.78 is 11.4. The van der Waals surface area contributed by atoms with Gasteiger partial charge in [-0.3, -0.25) is 14.5 Å². The highest BCUT2D eigenvalue weighted by Gasteiger charge is 2.42. The van der Waals surface area contributed by atoms with Crippen molar-refractivity contribution in [3.8, 4) is 5.75 Å². The summed E-state index contributed by atoms with van der Waals surface area (Å²) in [6.07, 6.45) is 0.766. The van der Waals surface area contributed by atoms with Crippen LogP contribution in [0.1, 0.15) is 39.7 Å². The number of carbonyl (C=O) groups is 1. The lowest BCUT2D eigenvalue weighted by Gasteiger charge is -2.29. The molecule has 7 nitrogen and oxygen atoms in total. The fourth-order valence-corrected chi connectivity index (χ4v) is 4.70. The van der Waals surface area contributed by atoms with E-state index in [9.17, 15) is 14.7 Å². The fraction of sp³-hybridized carbons (Fsp3) is 0.360. The van der Waals surface area contributed by atoms with Crippen LogP contribution in [0.15, 0.2) is 51.7 Å². The maximum atomic E-state index is 13.5. The molecule has 0 spiro atoms. The Bertz CT molecular complexity index is 1230. The average molecular weight is 434 g/mol. The molecule has 1 saturated heterocycles. The van der Waals surface area contributed by atoms with Crippen molar-refractivity contribution in [2.75, 3.05) is 39.4 Å². The van der Waals surface area contributed by atoms with Crippen LogP contribution >= 0.6 is 0 Å². The van der Waals surface area contributed by atoms with Crippen LogP contribution in [0.2, 0.25) is 0 Å². The van der Waals surface area contributed by atoms with Crippen molar-refractivity contribution in [3.63, 3.8) is 0 Å². The van der Waals surface area contributed by atoms with E-state index >= 15 is 0 Å².